The molecule has 0 radical (unpaired) electrons. The van der Waals surface area contributed by atoms with Gasteiger partial charge in [-0.3, -0.25) is 9.78 Å². The fourth-order valence-corrected chi connectivity index (χ4v) is 3.88. The first-order valence-electron chi connectivity index (χ1n) is 9.49. The van der Waals surface area contributed by atoms with Crippen LogP contribution in [0.5, 0.6) is 5.88 Å². The summed E-state index contributed by atoms with van der Waals surface area (Å²) < 4.78 is 10.6. The molecular weight excluding hydrogens is 390 g/mol. The minimum absolute atomic E-state index is 0.122. The molecule has 154 valence electrons. The Labute approximate surface area is 174 Å². The van der Waals surface area contributed by atoms with Gasteiger partial charge in [-0.2, -0.15) is 0 Å². The van der Waals surface area contributed by atoms with E-state index in [0.29, 0.717) is 36.6 Å². The van der Waals surface area contributed by atoms with Crippen molar-refractivity contribution in [3.05, 3.63) is 47.7 Å². The van der Waals surface area contributed by atoms with Gasteiger partial charge in [0.05, 0.1) is 24.7 Å². The second kappa shape index (κ2) is 9.80. The molecule has 0 aromatic carbocycles. The Bertz CT molecular complexity index is 875. The minimum atomic E-state index is -0.464. The van der Waals surface area contributed by atoms with Crippen LogP contribution in [0.4, 0.5) is 0 Å². The monoisotopic (exact) mass is 415 g/mol. The summed E-state index contributed by atoms with van der Waals surface area (Å²) in [5, 5.41) is 0.570. The number of hydrogen-bond donors (Lipinski definition) is 1. The van der Waals surface area contributed by atoms with Gasteiger partial charge < -0.3 is 15.2 Å². The fraction of sp³-hybridized carbons (Fsp3) is 0.450. The molecule has 0 saturated carbocycles. The fourth-order valence-electron chi connectivity index (χ4n) is 2.91. The number of nitrogens with zero attached hydrogens (tertiary/aromatic N) is 4. The van der Waals surface area contributed by atoms with E-state index in [1.807, 2.05) is 26.0 Å². The Balaban J connectivity index is 1.64. The van der Waals surface area contributed by atoms with Crippen molar-refractivity contribution >= 4 is 22.7 Å². The van der Waals surface area contributed by atoms with Crippen molar-refractivity contribution in [2.24, 2.45) is 10.7 Å². The zero-order valence-corrected chi connectivity index (χ0v) is 17.4. The van der Waals surface area contributed by atoms with E-state index in [2.05, 4.69) is 19.9 Å². The van der Waals surface area contributed by atoms with Crippen molar-refractivity contribution in [2.45, 2.75) is 32.2 Å². The molecule has 2 aromatic rings. The Hall–Kier alpha value is -2.52. The lowest BCUT2D eigenvalue weighted by Crippen LogP contribution is -2.29. The first-order chi connectivity index (χ1) is 14.0. The summed E-state index contributed by atoms with van der Waals surface area (Å²) in [7, 11) is 0. The van der Waals surface area contributed by atoms with Gasteiger partial charge in [-0.1, -0.05) is 11.8 Å². The number of amidine groups is 1. The van der Waals surface area contributed by atoms with Gasteiger partial charge in [0.1, 0.15) is 17.8 Å². The van der Waals surface area contributed by atoms with Crippen LogP contribution in [0.25, 0.3) is 0 Å². The highest BCUT2D eigenvalue weighted by atomic mass is 32.2. The average molecular weight is 416 g/mol. The third-order valence-corrected chi connectivity index (χ3v) is 5.33. The van der Waals surface area contributed by atoms with E-state index in [-0.39, 0.29) is 12.2 Å². The van der Waals surface area contributed by atoms with Crippen LogP contribution >= 0.6 is 11.8 Å². The zero-order valence-electron chi connectivity index (χ0n) is 16.6. The maximum Gasteiger partial charge on any atom is 0.232 e. The first kappa shape index (κ1) is 21.2. The van der Waals surface area contributed by atoms with Gasteiger partial charge in [0.25, 0.3) is 0 Å². The van der Waals surface area contributed by atoms with Gasteiger partial charge in [0.2, 0.25) is 5.88 Å². The van der Waals surface area contributed by atoms with Gasteiger partial charge in [-0.25, -0.2) is 15.0 Å². The second-order valence-corrected chi connectivity index (χ2v) is 7.87. The largest absolute Gasteiger partial charge is 0.474 e. The summed E-state index contributed by atoms with van der Waals surface area (Å²) in [5.74, 6) is 1.14. The van der Waals surface area contributed by atoms with Crippen LogP contribution in [-0.4, -0.2) is 51.5 Å². The molecule has 3 heterocycles. The normalized spacial score (nSPS) is 18.9. The highest BCUT2D eigenvalue weighted by molar-refractivity contribution is 8.13. The molecule has 0 spiro atoms. The van der Waals surface area contributed by atoms with Crippen LogP contribution in [0.1, 0.15) is 42.0 Å². The molecule has 1 atom stereocenters. The third kappa shape index (κ3) is 5.74. The molecule has 29 heavy (non-hydrogen) atoms. The van der Waals surface area contributed by atoms with Crippen molar-refractivity contribution < 1.29 is 14.3 Å². The standard InChI is InChI=1S/C20H25N5O3S/c1-3-27-7-8-28-18-13-23-15(12-24-18)16(26)10-14-4-6-22-17(11-14)20(2)5-9-29-19(21)25-20/h4,6,11-13H,3,5,7-10H2,1-2H3,(H2,21,25)/t20-/m0/s1. The molecular formula is C20H25N5O3S. The van der Waals surface area contributed by atoms with E-state index < -0.39 is 5.54 Å². The Kier molecular flexibility index (Phi) is 7.16. The van der Waals surface area contributed by atoms with Crippen LogP contribution in [-0.2, 0) is 16.7 Å². The molecule has 2 N–H and O–H groups in total. The van der Waals surface area contributed by atoms with Gasteiger partial charge in [0.15, 0.2) is 11.0 Å². The lowest BCUT2D eigenvalue weighted by Gasteiger charge is -2.28. The van der Waals surface area contributed by atoms with E-state index in [4.69, 9.17) is 15.2 Å². The van der Waals surface area contributed by atoms with Crippen LogP contribution < -0.4 is 10.5 Å². The predicted octanol–water partition coefficient (Wildman–Crippen LogP) is 2.38. The first-order valence-corrected chi connectivity index (χ1v) is 10.5. The lowest BCUT2D eigenvalue weighted by atomic mass is 9.93. The number of aromatic nitrogens is 3. The number of carbonyl (C=O) groups excluding carboxylic acids is 1. The smallest absolute Gasteiger partial charge is 0.232 e. The molecule has 8 nitrogen and oxygen atoms in total. The number of ketones is 1. The van der Waals surface area contributed by atoms with Gasteiger partial charge in [0, 0.05) is 25.0 Å². The van der Waals surface area contributed by atoms with Crippen molar-refractivity contribution in [1.82, 2.24) is 15.0 Å². The Morgan fingerprint density at radius 3 is 2.86 bits per heavy atom. The van der Waals surface area contributed by atoms with Gasteiger partial charge in [-0.05, 0) is 38.0 Å². The number of carbonyl (C=O) groups is 1. The molecule has 0 fully saturated rings. The quantitative estimate of drug-likeness (QED) is 0.491. The summed E-state index contributed by atoms with van der Waals surface area (Å²) >= 11 is 1.55. The van der Waals surface area contributed by atoms with Gasteiger partial charge in [-0.15, -0.1) is 0 Å². The summed E-state index contributed by atoms with van der Waals surface area (Å²) in [6.07, 6.45) is 5.65. The molecule has 2 aromatic heterocycles. The molecule has 0 bridgehead atoms. The maximum absolute atomic E-state index is 12.6. The van der Waals surface area contributed by atoms with Crippen LogP contribution in [0.3, 0.4) is 0 Å². The number of hydrogen-bond acceptors (Lipinski definition) is 9. The lowest BCUT2D eigenvalue weighted by molar-refractivity contribution is 0.0986. The van der Waals surface area contributed by atoms with E-state index in [0.717, 1.165) is 23.4 Å². The SMILES string of the molecule is CCOCCOc1cnc(C(=O)Cc2ccnc([C@]3(C)CCSC(N)=N3)c2)cn1. The zero-order chi connectivity index (χ0) is 20.7. The third-order valence-electron chi connectivity index (χ3n) is 4.53. The average Bonchev–Trinajstić information content (AvgIpc) is 2.72. The van der Waals surface area contributed by atoms with Crippen LogP contribution in [0.15, 0.2) is 35.7 Å². The molecule has 0 saturated heterocycles. The second-order valence-electron chi connectivity index (χ2n) is 6.76. The predicted molar refractivity (Wildman–Crippen MR) is 112 cm³/mol. The number of nitrogens with two attached hydrogens (primary N) is 1. The molecule has 1 aliphatic rings. The number of rotatable bonds is 9. The van der Waals surface area contributed by atoms with Gasteiger partial charge >= 0.3 is 0 Å². The van der Waals surface area contributed by atoms with Crippen molar-refractivity contribution in [1.29, 1.82) is 0 Å². The van der Waals surface area contributed by atoms with Crippen molar-refractivity contribution in [2.75, 3.05) is 25.6 Å². The highest BCUT2D eigenvalue weighted by Crippen LogP contribution is 2.34. The van der Waals surface area contributed by atoms with E-state index >= 15 is 0 Å². The van der Waals surface area contributed by atoms with Crippen molar-refractivity contribution in [3.8, 4) is 5.88 Å². The van der Waals surface area contributed by atoms with E-state index in [1.165, 1.54) is 12.4 Å². The Morgan fingerprint density at radius 1 is 1.28 bits per heavy atom. The number of thioether (sulfide) groups is 1. The molecule has 0 unspecified atom stereocenters. The summed E-state index contributed by atoms with van der Waals surface area (Å²) in [5.41, 5.74) is 7.40. The molecule has 1 aliphatic heterocycles. The van der Waals surface area contributed by atoms with Crippen LogP contribution in [0, 0.1) is 0 Å². The summed E-state index contributed by atoms with van der Waals surface area (Å²) in [6.45, 7) is 5.44. The molecule has 3 rings (SSSR count). The Morgan fingerprint density at radius 2 is 2.14 bits per heavy atom. The van der Waals surface area contributed by atoms with Crippen LogP contribution in [0.2, 0.25) is 0 Å². The number of pyridine rings is 1. The molecule has 0 aliphatic carbocycles. The topological polar surface area (TPSA) is 113 Å². The maximum atomic E-state index is 12.6. The summed E-state index contributed by atoms with van der Waals surface area (Å²) in [4.78, 5) is 30.0. The molecule has 0 amide bonds. The number of aliphatic imine (C=N–C) groups is 1. The van der Waals surface area contributed by atoms with E-state index in [9.17, 15) is 4.79 Å². The molecule has 9 heteroatoms. The van der Waals surface area contributed by atoms with Crippen molar-refractivity contribution in [3.63, 3.8) is 0 Å². The minimum Gasteiger partial charge on any atom is -0.474 e. The number of ether oxygens (including phenoxy) is 2. The number of Topliss-reactive ketones (excluding diaryl/α,β-unsaturated/α-hetero) is 1. The summed E-state index contributed by atoms with van der Waals surface area (Å²) in [6, 6.07) is 3.75. The highest BCUT2D eigenvalue weighted by Gasteiger charge is 2.31. The van der Waals surface area contributed by atoms with E-state index in [1.54, 1.807) is 18.0 Å².